The molecular formula is C24H25ClF6N4O2. The Morgan fingerprint density at radius 2 is 1.68 bits per heavy atom. The van der Waals surface area contributed by atoms with E-state index in [-0.39, 0.29) is 36.4 Å². The van der Waals surface area contributed by atoms with E-state index >= 15 is 0 Å². The van der Waals surface area contributed by atoms with Crippen molar-refractivity contribution in [2.24, 2.45) is 0 Å². The Hall–Kier alpha value is -3.12. The minimum Gasteiger partial charge on any atom is -0.476 e. The Kier molecular flexibility index (Phi) is 8.85. The molecule has 0 unspecified atom stereocenters. The molecular weight excluding hydrogens is 526 g/mol. The van der Waals surface area contributed by atoms with E-state index in [1.807, 2.05) is 6.92 Å². The summed E-state index contributed by atoms with van der Waals surface area (Å²) in [6.45, 7) is 1.78. The van der Waals surface area contributed by atoms with E-state index in [9.17, 15) is 31.1 Å². The standard InChI is InChI=1S/C24H25ClF6N4O2/c1-3-4-9-37-22-20(21(36)34(2)14-16-7-5-6-8-19(16)25)32-33-35(22)13-15-10-17(23(26,27)28)12-18(11-15)24(29,30)31/h5-8,10-12,32-33H,3-4,9,13-14H2,1-2H3. The molecule has 3 rings (SSSR count). The zero-order valence-electron chi connectivity index (χ0n) is 19.9. The molecule has 1 aliphatic heterocycles. The van der Waals surface area contributed by atoms with Crippen LogP contribution in [0.3, 0.4) is 0 Å². The second kappa shape index (κ2) is 11.5. The Morgan fingerprint density at radius 3 is 2.24 bits per heavy atom. The van der Waals surface area contributed by atoms with Crippen molar-refractivity contribution in [1.82, 2.24) is 20.9 Å². The number of nitrogens with zero attached hydrogens (tertiary/aromatic N) is 2. The molecule has 37 heavy (non-hydrogen) atoms. The quantitative estimate of drug-likeness (QED) is 0.303. The molecule has 2 N–H and O–H groups in total. The lowest BCUT2D eigenvalue weighted by Gasteiger charge is -2.22. The molecule has 0 radical (unpaired) electrons. The zero-order valence-corrected chi connectivity index (χ0v) is 20.7. The highest BCUT2D eigenvalue weighted by atomic mass is 35.5. The van der Waals surface area contributed by atoms with Crippen molar-refractivity contribution < 1.29 is 35.9 Å². The molecule has 1 amide bonds. The van der Waals surface area contributed by atoms with Crippen molar-refractivity contribution in [2.45, 2.75) is 45.2 Å². The fourth-order valence-corrected chi connectivity index (χ4v) is 3.72. The van der Waals surface area contributed by atoms with Gasteiger partial charge in [0.2, 0.25) is 5.88 Å². The Bertz CT molecular complexity index is 1120. The molecule has 0 fully saturated rings. The van der Waals surface area contributed by atoms with Gasteiger partial charge in [-0.15, -0.1) is 5.53 Å². The van der Waals surface area contributed by atoms with Crippen molar-refractivity contribution in [2.75, 3.05) is 13.7 Å². The van der Waals surface area contributed by atoms with Gasteiger partial charge in [-0.05, 0) is 41.8 Å². The summed E-state index contributed by atoms with van der Waals surface area (Å²) in [5.74, 6) is -0.572. The number of unbranched alkanes of at least 4 members (excludes halogenated alkanes) is 1. The molecule has 2 aromatic rings. The summed E-state index contributed by atoms with van der Waals surface area (Å²) in [6, 6.07) is 8.25. The number of hydrogen-bond donors (Lipinski definition) is 2. The van der Waals surface area contributed by atoms with Crippen molar-refractivity contribution in [1.29, 1.82) is 0 Å². The molecule has 0 aliphatic carbocycles. The summed E-state index contributed by atoms with van der Waals surface area (Å²) in [4.78, 5) is 14.5. The molecule has 1 heterocycles. The van der Waals surface area contributed by atoms with Gasteiger partial charge in [0.05, 0.1) is 24.3 Å². The molecule has 6 nitrogen and oxygen atoms in total. The van der Waals surface area contributed by atoms with Crippen LogP contribution >= 0.6 is 11.6 Å². The number of ether oxygens (including phenoxy) is 1. The van der Waals surface area contributed by atoms with E-state index in [1.54, 1.807) is 24.3 Å². The molecule has 1 aliphatic rings. The van der Waals surface area contributed by atoms with E-state index in [0.29, 0.717) is 29.1 Å². The van der Waals surface area contributed by atoms with Crippen LogP contribution in [0.1, 0.15) is 42.0 Å². The number of alkyl halides is 6. The van der Waals surface area contributed by atoms with Gasteiger partial charge in [0.25, 0.3) is 5.91 Å². The summed E-state index contributed by atoms with van der Waals surface area (Å²) >= 11 is 6.18. The number of halogens is 7. The van der Waals surface area contributed by atoms with Crippen LogP contribution in [0.2, 0.25) is 5.02 Å². The van der Waals surface area contributed by atoms with Crippen LogP contribution in [-0.4, -0.2) is 29.5 Å². The largest absolute Gasteiger partial charge is 0.476 e. The third-order valence-electron chi connectivity index (χ3n) is 5.43. The number of nitrogens with one attached hydrogen (secondary N) is 2. The predicted molar refractivity (Wildman–Crippen MR) is 124 cm³/mol. The molecule has 0 saturated carbocycles. The molecule has 0 aromatic heterocycles. The first kappa shape index (κ1) is 28.5. The van der Waals surface area contributed by atoms with E-state index in [4.69, 9.17) is 16.3 Å². The summed E-state index contributed by atoms with van der Waals surface area (Å²) in [6.07, 6.45) is -8.60. The van der Waals surface area contributed by atoms with Crippen molar-refractivity contribution in [3.63, 3.8) is 0 Å². The maximum Gasteiger partial charge on any atom is 0.416 e. The van der Waals surface area contributed by atoms with E-state index in [2.05, 4.69) is 11.0 Å². The van der Waals surface area contributed by atoms with Gasteiger partial charge in [0.1, 0.15) is 0 Å². The summed E-state index contributed by atoms with van der Waals surface area (Å²) in [5.41, 5.74) is 2.73. The fraction of sp³-hybridized carbons (Fsp3) is 0.375. The number of rotatable bonds is 9. The third kappa shape index (κ3) is 7.22. The molecule has 13 heteroatoms. The lowest BCUT2D eigenvalue weighted by molar-refractivity contribution is -0.143. The number of likely N-dealkylation sites (N-methyl/N-ethyl adjacent to an activating group) is 1. The smallest absolute Gasteiger partial charge is 0.416 e. The first-order valence-electron chi connectivity index (χ1n) is 11.2. The highest BCUT2D eigenvalue weighted by Gasteiger charge is 2.38. The van der Waals surface area contributed by atoms with E-state index in [1.165, 1.54) is 11.9 Å². The molecule has 0 saturated heterocycles. The van der Waals surface area contributed by atoms with Crippen LogP contribution in [-0.2, 0) is 35.0 Å². The van der Waals surface area contributed by atoms with Gasteiger partial charge >= 0.3 is 12.4 Å². The van der Waals surface area contributed by atoms with Gasteiger partial charge in [-0.2, -0.15) is 26.3 Å². The summed E-state index contributed by atoms with van der Waals surface area (Å²) in [7, 11) is 1.52. The first-order valence-corrected chi connectivity index (χ1v) is 11.6. The van der Waals surface area contributed by atoms with E-state index in [0.717, 1.165) is 11.4 Å². The monoisotopic (exact) mass is 550 g/mol. The van der Waals surface area contributed by atoms with E-state index < -0.39 is 35.9 Å². The normalized spacial score (nSPS) is 14.1. The second-order valence-electron chi connectivity index (χ2n) is 8.37. The lowest BCUT2D eigenvalue weighted by atomic mass is 10.0. The maximum absolute atomic E-state index is 13.3. The summed E-state index contributed by atoms with van der Waals surface area (Å²) < 4.78 is 85.5. The van der Waals surface area contributed by atoms with Crippen LogP contribution in [0.25, 0.3) is 0 Å². The number of carbonyl (C=O) groups excluding carboxylic acids is 1. The molecule has 0 spiro atoms. The van der Waals surface area contributed by atoms with Gasteiger partial charge in [-0.3, -0.25) is 15.2 Å². The highest BCUT2D eigenvalue weighted by Crippen LogP contribution is 2.37. The lowest BCUT2D eigenvalue weighted by Crippen LogP contribution is -2.39. The average molecular weight is 551 g/mol. The number of hydrogen-bond acceptors (Lipinski definition) is 5. The minimum atomic E-state index is -4.98. The number of benzene rings is 2. The predicted octanol–water partition coefficient (Wildman–Crippen LogP) is 5.85. The van der Waals surface area contributed by atoms with Crippen molar-refractivity contribution >= 4 is 17.5 Å². The highest BCUT2D eigenvalue weighted by molar-refractivity contribution is 6.31. The Balaban J connectivity index is 1.91. The Labute approximate surface area is 214 Å². The van der Waals surface area contributed by atoms with Crippen LogP contribution in [0.5, 0.6) is 0 Å². The fourth-order valence-electron chi connectivity index (χ4n) is 3.52. The maximum atomic E-state index is 13.3. The molecule has 2 aromatic carbocycles. The zero-order chi connectivity index (χ0) is 27.4. The van der Waals surface area contributed by atoms with Gasteiger partial charge in [0, 0.05) is 18.6 Å². The Morgan fingerprint density at radius 1 is 1.05 bits per heavy atom. The van der Waals surface area contributed by atoms with Crippen molar-refractivity contribution in [3.8, 4) is 0 Å². The van der Waals surface area contributed by atoms with Gasteiger partial charge in [-0.1, -0.05) is 43.1 Å². The van der Waals surface area contributed by atoms with Crippen LogP contribution in [0.15, 0.2) is 54.0 Å². The second-order valence-corrected chi connectivity index (χ2v) is 8.78. The average Bonchev–Trinajstić information content (AvgIpc) is 3.21. The SMILES string of the molecule is CCCCOC1=C(C(=O)N(C)Cc2ccccc2Cl)NNN1Cc1cc(C(F)(F)F)cc(C(F)(F)F)c1. The molecule has 202 valence electrons. The summed E-state index contributed by atoms with van der Waals surface area (Å²) in [5, 5.41) is 1.61. The third-order valence-corrected chi connectivity index (χ3v) is 5.79. The topological polar surface area (TPSA) is 56.8 Å². The minimum absolute atomic E-state index is 0.0459. The van der Waals surface area contributed by atoms with Gasteiger partial charge < -0.3 is 9.64 Å². The number of amides is 1. The van der Waals surface area contributed by atoms with Crippen LogP contribution < -0.4 is 11.0 Å². The first-order chi connectivity index (χ1) is 17.3. The van der Waals surface area contributed by atoms with Crippen LogP contribution in [0, 0.1) is 0 Å². The van der Waals surface area contributed by atoms with Gasteiger partial charge in [0.15, 0.2) is 5.70 Å². The molecule has 0 atom stereocenters. The molecule has 0 bridgehead atoms. The number of carbonyl (C=O) groups is 1. The number of hydrazine groups is 2. The van der Waals surface area contributed by atoms with Gasteiger partial charge in [-0.25, -0.2) is 0 Å². The van der Waals surface area contributed by atoms with Crippen molar-refractivity contribution in [3.05, 3.63) is 81.3 Å². The van der Waals surface area contributed by atoms with Crippen LogP contribution in [0.4, 0.5) is 26.3 Å².